The van der Waals surface area contributed by atoms with E-state index in [9.17, 15) is 0 Å². The lowest BCUT2D eigenvalue weighted by atomic mass is 10.1. The lowest BCUT2D eigenvalue weighted by Crippen LogP contribution is -2.46. The molecule has 0 unspecified atom stereocenters. The van der Waals surface area contributed by atoms with E-state index >= 15 is 0 Å². The number of rotatable bonds is 6. The van der Waals surface area contributed by atoms with Gasteiger partial charge in [-0.3, -0.25) is 4.90 Å². The Balaban J connectivity index is 1.28. The molecule has 0 atom stereocenters. The quantitative estimate of drug-likeness (QED) is 0.732. The van der Waals surface area contributed by atoms with E-state index in [0.717, 1.165) is 38.3 Å². The first kappa shape index (κ1) is 17.0. The molecule has 4 nitrogen and oxygen atoms in total. The minimum atomic E-state index is 0.972. The van der Waals surface area contributed by atoms with Gasteiger partial charge in [0.1, 0.15) is 5.75 Å². The molecule has 0 aliphatic carbocycles. The Hall–Kier alpha value is -2.46. The molecule has 1 N–H and O–H groups in total. The first-order valence-electron chi connectivity index (χ1n) is 9.50. The molecule has 2 heterocycles. The van der Waals surface area contributed by atoms with Crippen molar-refractivity contribution < 1.29 is 4.74 Å². The number of anilines is 1. The number of benzene rings is 2. The van der Waals surface area contributed by atoms with Crippen LogP contribution in [0.1, 0.15) is 12.0 Å². The van der Waals surface area contributed by atoms with Crippen molar-refractivity contribution in [2.45, 2.75) is 12.8 Å². The van der Waals surface area contributed by atoms with Crippen molar-refractivity contribution in [2.24, 2.45) is 0 Å². The van der Waals surface area contributed by atoms with Crippen LogP contribution < -0.4 is 9.64 Å². The molecule has 3 aromatic rings. The summed E-state index contributed by atoms with van der Waals surface area (Å²) in [7, 11) is 1.75. The number of nitrogens with one attached hydrogen (secondary N) is 1. The zero-order valence-electron chi connectivity index (χ0n) is 15.4. The highest BCUT2D eigenvalue weighted by molar-refractivity contribution is 5.83. The zero-order chi connectivity index (χ0) is 17.8. The number of methoxy groups -OCH3 is 1. The smallest absolute Gasteiger partial charge is 0.142 e. The molecule has 26 heavy (non-hydrogen) atoms. The fourth-order valence-electron chi connectivity index (χ4n) is 3.93. The van der Waals surface area contributed by atoms with Crippen LogP contribution in [0.4, 0.5) is 5.69 Å². The van der Waals surface area contributed by atoms with Gasteiger partial charge in [-0.05, 0) is 43.1 Å². The molecule has 136 valence electrons. The molecule has 4 heteroatoms. The molecule has 0 spiro atoms. The second kappa shape index (κ2) is 7.83. The third-order valence-electron chi connectivity index (χ3n) is 5.39. The Kier molecular flexibility index (Phi) is 5.12. The monoisotopic (exact) mass is 349 g/mol. The van der Waals surface area contributed by atoms with Gasteiger partial charge < -0.3 is 14.6 Å². The number of nitrogens with zero attached hydrogens (tertiary/aromatic N) is 2. The van der Waals surface area contributed by atoms with Gasteiger partial charge >= 0.3 is 0 Å². The van der Waals surface area contributed by atoms with Crippen LogP contribution in [-0.2, 0) is 6.42 Å². The predicted octanol–water partition coefficient (Wildman–Crippen LogP) is 3.93. The number of piperazine rings is 1. The highest BCUT2D eigenvalue weighted by atomic mass is 16.5. The molecule has 1 fully saturated rings. The van der Waals surface area contributed by atoms with Crippen LogP contribution in [0.2, 0.25) is 0 Å². The van der Waals surface area contributed by atoms with Crippen molar-refractivity contribution in [3.8, 4) is 5.75 Å². The molecule has 0 amide bonds. The summed E-state index contributed by atoms with van der Waals surface area (Å²) in [5, 5.41) is 1.37. The molecule has 1 aromatic heterocycles. The molecule has 2 aromatic carbocycles. The van der Waals surface area contributed by atoms with Crippen molar-refractivity contribution in [3.63, 3.8) is 0 Å². The fraction of sp³-hybridized carbons (Fsp3) is 0.364. The standard InChI is InChI=1S/C22H27N3O/c1-26-22-11-5-4-10-21(22)25-15-13-24(14-16-25)12-6-7-18-17-23-20-9-3-2-8-19(18)20/h2-5,8-11,17,23H,6-7,12-16H2,1H3. The lowest BCUT2D eigenvalue weighted by Gasteiger charge is -2.36. The molecule has 4 rings (SSSR count). The van der Waals surface area contributed by atoms with E-state index in [1.807, 2.05) is 12.1 Å². The second-order valence-electron chi connectivity index (χ2n) is 6.96. The van der Waals surface area contributed by atoms with Crippen LogP contribution in [0.25, 0.3) is 10.9 Å². The van der Waals surface area contributed by atoms with Crippen molar-refractivity contribution in [2.75, 3.05) is 44.7 Å². The number of ether oxygens (including phenoxy) is 1. The maximum absolute atomic E-state index is 5.51. The van der Waals surface area contributed by atoms with Crippen molar-refractivity contribution >= 4 is 16.6 Å². The van der Waals surface area contributed by atoms with E-state index < -0.39 is 0 Å². The normalized spacial score (nSPS) is 15.5. The number of hydrogen-bond donors (Lipinski definition) is 1. The Labute approximate surface area is 155 Å². The second-order valence-corrected chi connectivity index (χ2v) is 6.96. The Bertz CT molecular complexity index is 849. The van der Waals surface area contributed by atoms with Gasteiger partial charge in [-0.1, -0.05) is 30.3 Å². The van der Waals surface area contributed by atoms with E-state index in [0.29, 0.717) is 0 Å². The highest BCUT2D eigenvalue weighted by Crippen LogP contribution is 2.28. The number of aromatic nitrogens is 1. The molecular formula is C22H27N3O. The van der Waals surface area contributed by atoms with Crippen LogP contribution in [0, 0.1) is 0 Å². The number of fused-ring (bicyclic) bond motifs is 1. The van der Waals surface area contributed by atoms with Gasteiger partial charge in [0, 0.05) is 43.3 Å². The number of para-hydroxylation sites is 3. The molecule has 0 bridgehead atoms. The summed E-state index contributed by atoms with van der Waals surface area (Å²) in [5.41, 5.74) is 3.90. The van der Waals surface area contributed by atoms with Crippen molar-refractivity contribution in [1.29, 1.82) is 0 Å². The number of hydrogen-bond acceptors (Lipinski definition) is 3. The third kappa shape index (κ3) is 3.56. The first-order chi connectivity index (χ1) is 12.8. The van der Waals surface area contributed by atoms with Crippen LogP contribution in [0.5, 0.6) is 5.75 Å². The maximum Gasteiger partial charge on any atom is 0.142 e. The van der Waals surface area contributed by atoms with E-state index in [1.54, 1.807) is 7.11 Å². The molecule has 0 radical (unpaired) electrons. The molecule has 1 saturated heterocycles. The van der Waals surface area contributed by atoms with E-state index in [1.165, 1.54) is 35.1 Å². The van der Waals surface area contributed by atoms with Crippen molar-refractivity contribution in [1.82, 2.24) is 9.88 Å². The van der Waals surface area contributed by atoms with Crippen molar-refractivity contribution in [3.05, 3.63) is 60.3 Å². The minimum Gasteiger partial charge on any atom is -0.495 e. The summed E-state index contributed by atoms with van der Waals surface area (Å²) < 4.78 is 5.51. The average Bonchev–Trinajstić information content (AvgIpc) is 3.12. The SMILES string of the molecule is COc1ccccc1N1CCN(CCCc2c[nH]c3ccccc23)CC1. The first-order valence-corrected chi connectivity index (χ1v) is 9.50. The molecule has 0 saturated carbocycles. The van der Waals surface area contributed by atoms with Gasteiger partial charge in [0.25, 0.3) is 0 Å². The van der Waals surface area contributed by atoms with Gasteiger partial charge in [0.2, 0.25) is 0 Å². The topological polar surface area (TPSA) is 31.5 Å². The maximum atomic E-state index is 5.51. The zero-order valence-corrected chi connectivity index (χ0v) is 15.4. The van der Waals surface area contributed by atoms with E-state index in [4.69, 9.17) is 4.74 Å². The number of aromatic amines is 1. The number of H-pyrrole nitrogens is 1. The third-order valence-corrected chi connectivity index (χ3v) is 5.39. The van der Waals surface area contributed by atoms with Gasteiger partial charge in [0.15, 0.2) is 0 Å². The van der Waals surface area contributed by atoms with Crippen LogP contribution >= 0.6 is 0 Å². The molecule has 1 aliphatic heterocycles. The van der Waals surface area contributed by atoms with Gasteiger partial charge in [-0.25, -0.2) is 0 Å². The largest absolute Gasteiger partial charge is 0.495 e. The highest BCUT2D eigenvalue weighted by Gasteiger charge is 2.19. The summed E-state index contributed by atoms with van der Waals surface area (Å²) in [6, 6.07) is 16.9. The molecular weight excluding hydrogens is 322 g/mol. The van der Waals surface area contributed by atoms with Crippen LogP contribution in [-0.4, -0.2) is 49.7 Å². The van der Waals surface area contributed by atoms with Crippen LogP contribution in [0.3, 0.4) is 0 Å². The van der Waals surface area contributed by atoms with E-state index in [-0.39, 0.29) is 0 Å². The van der Waals surface area contributed by atoms with Gasteiger partial charge in [0.05, 0.1) is 12.8 Å². The summed E-state index contributed by atoms with van der Waals surface area (Å²) in [6.45, 7) is 5.53. The lowest BCUT2D eigenvalue weighted by molar-refractivity contribution is 0.254. The Morgan fingerprint density at radius 2 is 1.73 bits per heavy atom. The summed E-state index contributed by atoms with van der Waals surface area (Å²) in [4.78, 5) is 8.40. The van der Waals surface area contributed by atoms with Gasteiger partial charge in [-0.15, -0.1) is 0 Å². The summed E-state index contributed by atoms with van der Waals surface area (Å²) in [5.74, 6) is 0.972. The average molecular weight is 349 g/mol. The summed E-state index contributed by atoms with van der Waals surface area (Å²) in [6.07, 6.45) is 4.51. The van der Waals surface area contributed by atoms with E-state index in [2.05, 4.69) is 57.4 Å². The Morgan fingerprint density at radius 3 is 2.58 bits per heavy atom. The van der Waals surface area contributed by atoms with Gasteiger partial charge in [-0.2, -0.15) is 0 Å². The fourth-order valence-corrected chi connectivity index (χ4v) is 3.93. The summed E-state index contributed by atoms with van der Waals surface area (Å²) >= 11 is 0. The van der Waals surface area contributed by atoms with Crippen LogP contribution in [0.15, 0.2) is 54.7 Å². The predicted molar refractivity (Wildman–Crippen MR) is 108 cm³/mol. The molecule has 1 aliphatic rings. The number of aryl methyl sites for hydroxylation is 1. The minimum absolute atomic E-state index is 0.972. The Morgan fingerprint density at radius 1 is 0.962 bits per heavy atom.